The van der Waals surface area contributed by atoms with Gasteiger partial charge in [0, 0.05) is 36.8 Å². The maximum atomic E-state index is 12.6. The summed E-state index contributed by atoms with van der Waals surface area (Å²) >= 11 is 0. The Balaban J connectivity index is 1.71. The van der Waals surface area contributed by atoms with Gasteiger partial charge in [0.25, 0.3) is 5.91 Å². The molecule has 2 heterocycles. The van der Waals surface area contributed by atoms with Crippen molar-refractivity contribution in [2.45, 2.75) is 67.0 Å². The molecule has 1 aliphatic carbocycles. The third kappa shape index (κ3) is 3.62. The summed E-state index contributed by atoms with van der Waals surface area (Å²) in [7, 11) is 0. The van der Waals surface area contributed by atoms with Gasteiger partial charge in [-0.15, -0.1) is 0 Å². The van der Waals surface area contributed by atoms with Gasteiger partial charge in [0.15, 0.2) is 5.69 Å². The standard InChI is InChI=1S/C19H28N4O2/c1-6-23-11-13(12(2)21-23)10-20-18(24)17-15-9-14(19(3,4)5)7-8-16(15)25-22-17/h11,14H,6-10H2,1-5H3,(H,20,24)/t14-/m0/s1. The highest BCUT2D eigenvalue weighted by Gasteiger charge is 2.34. The number of nitrogens with zero attached hydrogens (tertiary/aromatic N) is 3. The number of aryl methyl sites for hydroxylation is 3. The van der Waals surface area contributed by atoms with E-state index in [-0.39, 0.29) is 11.3 Å². The van der Waals surface area contributed by atoms with Crippen molar-refractivity contribution in [2.24, 2.45) is 11.3 Å². The molecule has 0 radical (unpaired) electrons. The van der Waals surface area contributed by atoms with E-state index in [1.54, 1.807) is 0 Å². The summed E-state index contributed by atoms with van der Waals surface area (Å²) < 4.78 is 7.32. The van der Waals surface area contributed by atoms with Gasteiger partial charge in [-0.3, -0.25) is 9.48 Å². The molecule has 2 aromatic rings. The Kier molecular flexibility index (Phi) is 4.71. The van der Waals surface area contributed by atoms with Crippen LogP contribution in [-0.4, -0.2) is 20.8 Å². The number of rotatable bonds is 4. The van der Waals surface area contributed by atoms with Crippen LogP contribution >= 0.6 is 0 Å². The molecule has 0 saturated carbocycles. The molecule has 0 aromatic carbocycles. The quantitative estimate of drug-likeness (QED) is 0.924. The van der Waals surface area contributed by atoms with Crippen LogP contribution in [0.15, 0.2) is 10.7 Å². The van der Waals surface area contributed by atoms with Crippen LogP contribution in [0.2, 0.25) is 0 Å². The van der Waals surface area contributed by atoms with Crippen LogP contribution in [0.5, 0.6) is 0 Å². The van der Waals surface area contributed by atoms with Crippen molar-refractivity contribution in [1.29, 1.82) is 0 Å². The van der Waals surface area contributed by atoms with Crippen LogP contribution in [0.1, 0.15) is 67.2 Å². The Hall–Kier alpha value is -2.11. The van der Waals surface area contributed by atoms with Crippen LogP contribution in [0, 0.1) is 18.3 Å². The lowest BCUT2D eigenvalue weighted by Gasteiger charge is -2.33. The zero-order valence-corrected chi connectivity index (χ0v) is 15.8. The zero-order chi connectivity index (χ0) is 18.2. The summed E-state index contributed by atoms with van der Waals surface area (Å²) in [6.45, 7) is 12.0. The van der Waals surface area contributed by atoms with E-state index in [9.17, 15) is 4.79 Å². The zero-order valence-electron chi connectivity index (χ0n) is 15.8. The number of carbonyl (C=O) groups excluding carboxylic acids is 1. The number of nitrogens with one attached hydrogen (secondary N) is 1. The van der Waals surface area contributed by atoms with Crippen molar-refractivity contribution >= 4 is 5.91 Å². The molecule has 1 N–H and O–H groups in total. The van der Waals surface area contributed by atoms with Gasteiger partial charge in [0.1, 0.15) is 5.76 Å². The highest BCUT2D eigenvalue weighted by molar-refractivity contribution is 5.93. The number of fused-ring (bicyclic) bond motifs is 1. The summed E-state index contributed by atoms with van der Waals surface area (Å²) in [5, 5.41) is 11.4. The molecule has 6 nitrogen and oxygen atoms in total. The molecule has 136 valence electrons. The fourth-order valence-corrected chi connectivity index (χ4v) is 3.48. The number of aromatic nitrogens is 3. The molecule has 3 rings (SSSR count). The van der Waals surface area contributed by atoms with Gasteiger partial charge in [-0.1, -0.05) is 25.9 Å². The van der Waals surface area contributed by atoms with Gasteiger partial charge in [0.2, 0.25) is 0 Å². The van der Waals surface area contributed by atoms with Gasteiger partial charge in [0.05, 0.1) is 5.69 Å². The third-order valence-corrected chi connectivity index (χ3v) is 5.29. The minimum Gasteiger partial charge on any atom is -0.360 e. The lowest BCUT2D eigenvalue weighted by atomic mass is 9.71. The van der Waals surface area contributed by atoms with Crippen molar-refractivity contribution < 1.29 is 9.32 Å². The van der Waals surface area contributed by atoms with Crippen LogP contribution < -0.4 is 5.32 Å². The number of amides is 1. The van der Waals surface area contributed by atoms with Crippen LogP contribution in [-0.2, 0) is 25.9 Å². The van der Waals surface area contributed by atoms with Crippen molar-refractivity contribution in [3.63, 3.8) is 0 Å². The molecule has 2 aromatic heterocycles. The normalized spacial score (nSPS) is 17.4. The largest absolute Gasteiger partial charge is 0.360 e. The van der Waals surface area contributed by atoms with Crippen molar-refractivity contribution in [3.8, 4) is 0 Å². The lowest BCUT2D eigenvalue weighted by Crippen LogP contribution is -2.29. The van der Waals surface area contributed by atoms with Crippen LogP contribution in [0.3, 0.4) is 0 Å². The second kappa shape index (κ2) is 6.65. The predicted octanol–water partition coefficient (Wildman–Crippen LogP) is 3.28. The third-order valence-electron chi connectivity index (χ3n) is 5.29. The van der Waals surface area contributed by atoms with E-state index in [4.69, 9.17) is 4.52 Å². The number of hydrogen-bond donors (Lipinski definition) is 1. The molecule has 6 heteroatoms. The molecule has 0 fully saturated rings. The summed E-state index contributed by atoms with van der Waals surface area (Å²) in [6, 6.07) is 0. The molecule has 0 unspecified atom stereocenters. The Labute approximate surface area is 149 Å². The first kappa shape index (κ1) is 17.7. The summed E-state index contributed by atoms with van der Waals surface area (Å²) in [4.78, 5) is 12.6. The van der Waals surface area contributed by atoms with E-state index < -0.39 is 0 Å². The topological polar surface area (TPSA) is 73.0 Å². The maximum absolute atomic E-state index is 12.6. The second-order valence-electron chi connectivity index (χ2n) is 8.02. The minimum absolute atomic E-state index is 0.164. The van der Waals surface area contributed by atoms with E-state index in [0.717, 1.165) is 48.4 Å². The highest BCUT2D eigenvalue weighted by Crippen LogP contribution is 2.38. The van der Waals surface area contributed by atoms with Crippen LogP contribution in [0.25, 0.3) is 0 Å². The first-order valence-electron chi connectivity index (χ1n) is 9.08. The SMILES string of the molecule is CCn1cc(CNC(=O)c2noc3c2C[C@@H](C(C)(C)C)CC3)c(C)n1. The summed E-state index contributed by atoms with van der Waals surface area (Å²) in [5.41, 5.74) is 3.63. The molecule has 0 aliphatic heterocycles. The lowest BCUT2D eigenvalue weighted by molar-refractivity contribution is 0.0940. The van der Waals surface area contributed by atoms with Crippen molar-refractivity contribution in [1.82, 2.24) is 20.3 Å². The molecular weight excluding hydrogens is 316 g/mol. The predicted molar refractivity (Wildman–Crippen MR) is 95.3 cm³/mol. The highest BCUT2D eigenvalue weighted by atomic mass is 16.5. The van der Waals surface area contributed by atoms with Crippen molar-refractivity contribution in [2.75, 3.05) is 0 Å². The van der Waals surface area contributed by atoms with E-state index in [1.807, 2.05) is 24.7 Å². The molecule has 1 atom stereocenters. The molecule has 1 aliphatic rings. The fraction of sp³-hybridized carbons (Fsp3) is 0.632. The molecule has 0 bridgehead atoms. The first-order valence-corrected chi connectivity index (χ1v) is 9.08. The average Bonchev–Trinajstić information content (AvgIpc) is 3.14. The van der Waals surface area contributed by atoms with Gasteiger partial charge < -0.3 is 9.84 Å². The smallest absolute Gasteiger partial charge is 0.274 e. The second-order valence-corrected chi connectivity index (χ2v) is 8.02. The van der Waals surface area contributed by atoms with Gasteiger partial charge >= 0.3 is 0 Å². The van der Waals surface area contributed by atoms with E-state index in [2.05, 4.69) is 36.3 Å². The average molecular weight is 344 g/mol. The Bertz CT molecular complexity index is 767. The molecular formula is C19H28N4O2. The molecule has 0 spiro atoms. The molecule has 1 amide bonds. The van der Waals surface area contributed by atoms with Gasteiger partial charge in [-0.2, -0.15) is 5.10 Å². The Morgan fingerprint density at radius 1 is 1.44 bits per heavy atom. The Morgan fingerprint density at radius 3 is 2.84 bits per heavy atom. The molecule has 0 saturated heterocycles. The number of hydrogen-bond acceptors (Lipinski definition) is 4. The maximum Gasteiger partial charge on any atom is 0.274 e. The van der Waals surface area contributed by atoms with Gasteiger partial charge in [-0.25, -0.2) is 0 Å². The fourth-order valence-electron chi connectivity index (χ4n) is 3.48. The van der Waals surface area contributed by atoms with Crippen LogP contribution in [0.4, 0.5) is 0 Å². The molecule has 25 heavy (non-hydrogen) atoms. The van der Waals surface area contributed by atoms with Gasteiger partial charge in [-0.05, 0) is 38.0 Å². The van der Waals surface area contributed by atoms with E-state index in [0.29, 0.717) is 18.2 Å². The number of carbonyl (C=O) groups is 1. The van der Waals surface area contributed by atoms with Crippen molar-refractivity contribution in [3.05, 3.63) is 34.5 Å². The summed E-state index contributed by atoms with van der Waals surface area (Å²) in [5.74, 6) is 1.25. The Morgan fingerprint density at radius 2 is 2.20 bits per heavy atom. The van der Waals surface area contributed by atoms with E-state index >= 15 is 0 Å². The summed E-state index contributed by atoms with van der Waals surface area (Å²) in [6.07, 6.45) is 4.78. The first-order chi connectivity index (χ1) is 11.8. The minimum atomic E-state index is -0.164. The van der Waals surface area contributed by atoms with E-state index in [1.165, 1.54) is 0 Å². The monoisotopic (exact) mass is 344 g/mol.